The standard InChI is InChI=1S/C14H24O2/c1-4-5-6-7-8-12-9-13(10-12)14(15)16-11(2)3/h9,11,13H,4-8,10H2,1-3H3. The Bertz CT molecular complexity index is 253. The first-order valence-electron chi connectivity index (χ1n) is 6.53. The van der Waals surface area contributed by atoms with Gasteiger partial charge in [0.2, 0.25) is 0 Å². The normalized spacial score (nSPS) is 19.2. The van der Waals surface area contributed by atoms with Gasteiger partial charge in [0, 0.05) is 0 Å². The Kier molecular flexibility index (Phi) is 5.58. The fraction of sp³-hybridized carbons (Fsp3) is 0.786. The first-order chi connectivity index (χ1) is 7.63. The summed E-state index contributed by atoms with van der Waals surface area (Å²) in [4.78, 5) is 11.5. The van der Waals surface area contributed by atoms with E-state index in [-0.39, 0.29) is 18.0 Å². The second-order valence-electron chi connectivity index (χ2n) is 4.93. The molecule has 0 heterocycles. The molecule has 92 valence electrons. The van der Waals surface area contributed by atoms with Gasteiger partial charge in [-0.3, -0.25) is 4.79 Å². The maximum absolute atomic E-state index is 11.5. The number of carbonyl (C=O) groups excluding carboxylic acids is 1. The smallest absolute Gasteiger partial charge is 0.313 e. The number of esters is 1. The van der Waals surface area contributed by atoms with Crippen molar-refractivity contribution in [1.82, 2.24) is 0 Å². The fourth-order valence-corrected chi connectivity index (χ4v) is 1.97. The van der Waals surface area contributed by atoms with Crippen molar-refractivity contribution in [3.63, 3.8) is 0 Å². The molecule has 0 N–H and O–H groups in total. The molecule has 0 saturated heterocycles. The average molecular weight is 224 g/mol. The molecule has 0 aromatic rings. The number of rotatable bonds is 7. The van der Waals surface area contributed by atoms with Crippen LogP contribution in [0, 0.1) is 5.92 Å². The molecule has 0 spiro atoms. The van der Waals surface area contributed by atoms with Gasteiger partial charge in [-0.25, -0.2) is 0 Å². The first-order valence-corrected chi connectivity index (χ1v) is 6.53. The van der Waals surface area contributed by atoms with Gasteiger partial charge in [0.05, 0.1) is 12.0 Å². The molecule has 1 unspecified atom stereocenters. The molecule has 1 rings (SSSR count). The van der Waals surface area contributed by atoms with Crippen LogP contribution in [-0.2, 0) is 9.53 Å². The maximum Gasteiger partial charge on any atom is 0.313 e. The zero-order valence-electron chi connectivity index (χ0n) is 10.8. The highest BCUT2D eigenvalue weighted by atomic mass is 16.5. The lowest BCUT2D eigenvalue weighted by Gasteiger charge is -2.24. The summed E-state index contributed by atoms with van der Waals surface area (Å²) < 4.78 is 5.16. The summed E-state index contributed by atoms with van der Waals surface area (Å²) in [5, 5.41) is 0. The number of allylic oxidation sites excluding steroid dienone is 1. The highest BCUT2D eigenvalue weighted by Gasteiger charge is 2.27. The van der Waals surface area contributed by atoms with E-state index in [9.17, 15) is 4.79 Å². The number of carbonyl (C=O) groups is 1. The van der Waals surface area contributed by atoms with Crippen molar-refractivity contribution in [3.05, 3.63) is 11.6 Å². The van der Waals surface area contributed by atoms with Crippen molar-refractivity contribution in [1.29, 1.82) is 0 Å². The zero-order valence-corrected chi connectivity index (χ0v) is 10.8. The highest BCUT2D eigenvalue weighted by Crippen LogP contribution is 2.31. The van der Waals surface area contributed by atoms with Gasteiger partial charge in [-0.1, -0.05) is 37.8 Å². The molecule has 0 amide bonds. The van der Waals surface area contributed by atoms with Gasteiger partial charge < -0.3 is 4.74 Å². The summed E-state index contributed by atoms with van der Waals surface area (Å²) in [6.45, 7) is 6.01. The Labute approximate surface area is 99.1 Å². The van der Waals surface area contributed by atoms with E-state index in [1.54, 1.807) is 0 Å². The minimum absolute atomic E-state index is 0.00880. The van der Waals surface area contributed by atoms with Gasteiger partial charge in [-0.15, -0.1) is 0 Å². The summed E-state index contributed by atoms with van der Waals surface area (Å²) in [7, 11) is 0. The van der Waals surface area contributed by atoms with Crippen molar-refractivity contribution in [2.45, 2.75) is 65.4 Å². The lowest BCUT2D eigenvalue weighted by atomic mass is 9.83. The molecule has 0 saturated carbocycles. The van der Waals surface area contributed by atoms with E-state index in [2.05, 4.69) is 13.0 Å². The molecule has 0 aliphatic heterocycles. The molecule has 1 atom stereocenters. The molecule has 1 aliphatic carbocycles. The molecule has 0 aromatic heterocycles. The number of unbranched alkanes of at least 4 members (excludes halogenated alkanes) is 3. The van der Waals surface area contributed by atoms with Crippen molar-refractivity contribution in [2.75, 3.05) is 0 Å². The van der Waals surface area contributed by atoms with Crippen LogP contribution in [0.1, 0.15) is 59.3 Å². The lowest BCUT2D eigenvalue weighted by molar-refractivity contribution is -0.151. The number of hydrogen-bond donors (Lipinski definition) is 0. The maximum atomic E-state index is 11.5. The Morgan fingerprint density at radius 3 is 2.69 bits per heavy atom. The third-order valence-electron chi connectivity index (χ3n) is 2.93. The summed E-state index contributed by atoms with van der Waals surface area (Å²) in [5.74, 6) is -0.00381. The summed E-state index contributed by atoms with van der Waals surface area (Å²) in [6.07, 6.45) is 9.39. The van der Waals surface area contributed by atoms with Crippen LogP contribution in [0.25, 0.3) is 0 Å². The van der Waals surface area contributed by atoms with Crippen LogP contribution in [0.4, 0.5) is 0 Å². The summed E-state index contributed by atoms with van der Waals surface area (Å²) in [5.41, 5.74) is 1.45. The Balaban J connectivity index is 2.14. The van der Waals surface area contributed by atoms with Crippen molar-refractivity contribution in [2.24, 2.45) is 5.92 Å². The van der Waals surface area contributed by atoms with Gasteiger partial charge in [0.1, 0.15) is 0 Å². The van der Waals surface area contributed by atoms with Crippen LogP contribution in [-0.4, -0.2) is 12.1 Å². The van der Waals surface area contributed by atoms with Gasteiger partial charge >= 0.3 is 5.97 Å². The van der Waals surface area contributed by atoms with Gasteiger partial charge in [-0.05, 0) is 33.1 Å². The van der Waals surface area contributed by atoms with E-state index in [1.807, 2.05) is 13.8 Å². The number of ether oxygens (including phenoxy) is 1. The van der Waals surface area contributed by atoms with Crippen LogP contribution in [0.2, 0.25) is 0 Å². The summed E-state index contributed by atoms with van der Waals surface area (Å²) in [6, 6.07) is 0. The molecule has 0 fully saturated rings. The van der Waals surface area contributed by atoms with Crippen LogP contribution in [0.15, 0.2) is 11.6 Å². The van der Waals surface area contributed by atoms with Gasteiger partial charge in [0.15, 0.2) is 0 Å². The Morgan fingerprint density at radius 1 is 1.44 bits per heavy atom. The third kappa shape index (κ3) is 4.38. The average Bonchev–Trinajstić information content (AvgIpc) is 2.13. The van der Waals surface area contributed by atoms with Crippen LogP contribution in [0.5, 0.6) is 0 Å². The van der Waals surface area contributed by atoms with Crippen LogP contribution < -0.4 is 0 Å². The van der Waals surface area contributed by atoms with E-state index < -0.39 is 0 Å². The molecule has 0 radical (unpaired) electrons. The van der Waals surface area contributed by atoms with E-state index in [1.165, 1.54) is 37.7 Å². The minimum Gasteiger partial charge on any atom is -0.463 e. The molecule has 0 aromatic carbocycles. The zero-order chi connectivity index (χ0) is 12.0. The van der Waals surface area contributed by atoms with E-state index in [0.717, 1.165) is 6.42 Å². The Hall–Kier alpha value is -0.790. The fourth-order valence-electron chi connectivity index (χ4n) is 1.97. The quantitative estimate of drug-likeness (QED) is 0.373. The molecular weight excluding hydrogens is 200 g/mol. The van der Waals surface area contributed by atoms with Crippen molar-refractivity contribution < 1.29 is 9.53 Å². The molecule has 1 aliphatic rings. The third-order valence-corrected chi connectivity index (χ3v) is 2.93. The van der Waals surface area contributed by atoms with Crippen LogP contribution >= 0.6 is 0 Å². The molecule has 16 heavy (non-hydrogen) atoms. The van der Waals surface area contributed by atoms with Gasteiger partial charge in [-0.2, -0.15) is 0 Å². The van der Waals surface area contributed by atoms with Crippen molar-refractivity contribution >= 4 is 5.97 Å². The predicted octanol–water partition coefficient (Wildman–Crippen LogP) is 3.85. The predicted molar refractivity (Wildman–Crippen MR) is 66.2 cm³/mol. The van der Waals surface area contributed by atoms with Crippen LogP contribution in [0.3, 0.4) is 0 Å². The molecular formula is C14H24O2. The topological polar surface area (TPSA) is 26.3 Å². The minimum atomic E-state index is -0.0488. The molecule has 2 nitrogen and oxygen atoms in total. The van der Waals surface area contributed by atoms with Gasteiger partial charge in [0.25, 0.3) is 0 Å². The van der Waals surface area contributed by atoms with E-state index >= 15 is 0 Å². The second kappa shape index (κ2) is 6.72. The second-order valence-corrected chi connectivity index (χ2v) is 4.93. The van der Waals surface area contributed by atoms with E-state index in [0.29, 0.717) is 0 Å². The Morgan fingerprint density at radius 2 is 2.12 bits per heavy atom. The SMILES string of the molecule is CCCCCCC1=CC(C(=O)OC(C)C)C1. The van der Waals surface area contributed by atoms with Crippen molar-refractivity contribution in [3.8, 4) is 0 Å². The lowest BCUT2D eigenvalue weighted by Crippen LogP contribution is -2.25. The first kappa shape index (κ1) is 13.3. The monoisotopic (exact) mass is 224 g/mol. The molecule has 2 heteroatoms. The number of hydrogen-bond acceptors (Lipinski definition) is 2. The van der Waals surface area contributed by atoms with E-state index in [4.69, 9.17) is 4.74 Å². The highest BCUT2D eigenvalue weighted by molar-refractivity contribution is 5.77. The largest absolute Gasteiger partial charge is 0.463 e. The summed E-state index contributed by atoms with van der Waals surface area (Å²) >= 11 is 0. The molecule has 0 bridgehead atoms.